The van der Waals surface area contributed by atoms with Gasteiger partial charge >= 0.3 is 0 Å². The highest BCUT2D eigenvalue weighted by molar-refractivity contribution is 7.93. The third-order valence-electron chi connectivity index (χ3n) is 3.15. The molecule has 0 fully saturated rings. The van der Waals surface area contributed by atoms with Crippen LogP contribution in [0.3, 0.4) is 0 Å². The second kappa shape index (κ2) is 6.60. The molecule has 0 amide bonds. The van der Waals surface area contributed by atoms with Crippen LogP contribution in [0.15, 0.2) is 34.5 Å². The van der Waals surface area contributed by atoms with Crippen molar-refractivity contribution in [1.82, 2.24) is 0 Å². The fourth-order valence-corrected chi connectivity index (χ4v) is 4.91. The second-order valence-corrected chi connectivity index (χ2v) is 7.47. The minimum Gasteiger partial charge on any atom is -0.391 e. The monoisotopic (exact) mass is 325 g/mol. The lowest BCUT2D eigenvalue weighted by Crippen LogP contribution is -2.14. The molecule has 21 heavy (non-hydrogen) atoms. The smallest absolute Gasteiger partial charge is 0.263 e. The molecule has 0 unspecified atom stereocenters. The van der Waals surface area contributed by atoms with Crippen molar-refractivity contribution in [3.8, 4) is 0 Å². The Bertz CT molecular complexity index is 703. The van der Waals surface area contributed by atoms with Gasteiger partial charge in [0.2, 0.25) is 0 Å². The number of thiophene rings is 1. The molecule has 0 spiro atoms. The molecule has 2 aromatic rings. The van der Waals surface area contributed by atoms with Gasteiger partial charge in [-0.05, 0) is 42.0 Å². The van der Waals surface area contributed by atoms with E-state index in [0.717, 1.165) is 12.8 Å². The predicted molar refractivity (Wildman–Crippen MR) is 86.2 cm³/mol. The molecule has 1 aromatic carbocycles. The fourth-order valence-electron chi connectivity index (χ4n) is 2.19. The molecular weight excluding hydrogens is 306 g/mol. The first-order valence-corrected chi connectivity index (χ1v) is 9.13. The molecule has 0 aliphatic rings. The summed E-state index contributed by atoms with van der Waals surface area (Å²) in [5.41, 5.74) is 2.37. The molecule has 1 heterocycles. The third-order valence-corrected chi connectivity index (χ3v) is 5.98. The Labute approximate surface area is 129 Å². The minimum absolute atomic E-state index is 0.188. The number of aliphatic hydroxyl groups is 1. The zero-order chi connectivity index (χ0) is 15.5. The summed E-state index contributed by atoms with van der Waals surface area (Å²) in [6, 6.07) is 7.38. The number of aryl methyl sites for hydroxylation is 2. The van der Waals surface area contributed by atoms with E-state index in [0.29, 0.717) is 16.1 Å². The van der Waals surface area contributed by atoms with Gasteiger partial charge in [0, 0.05) is 5.69 Å². The van der Waals surface area contributed by atoms with E-state index in [4.69, 9.17) is 0 Å². The number of sulfonamides is 1. The molecule has 0 radical (unpaired) electrons. The summed E-state index contributed by atoms with van der Waals surface area (Å²) in [6.45, 7) is 3.56. The van der Waals surface area contributed by atoms with E-state index in [1.807, 2.05) is 12.1 Å². The van der Waals surface area contributed by atoms with Crippen LogP contribution in [0.1, 0.15) is 29.3 Å². The molecule has 114 valence electrons. The topological polar surface area (TPSA) is 66.4 Å². The Morgan fingerprint density at radius 2 is 1.90 bits per heavy atom. The highest BCUT2D eigenvalue weighted by atomic mass is 32.2. The summed E-state index contributed by atoms with van der Waals surface area (Å²) in [4.78, 5) is 0.648. The van der Waals surface area contributed by atoms with Gasteiger partial charge in [-0.1, -0.05) is 25.5 Å². The van der Waals surface area contributed by atoms with Crippen molar-refractivity contribution in [1.29, 1.82) is 0 Å². The van der Waals surface area contributed by atoms with Crippen LogP contribution in [0.5, 0.6) is 0 Å². The average Bonchev–Trinajstić information content (AvgIpc) is 2.83. The van der Waals surface area contributed by atoms with E-state index in [1.165, 1.54) is 16.9 Å². The third kappa shape index (κ3) is 3.64. The van der Waals surface area contributed by atoms with Crippen LogP contribution >= 0.6 is 11.3 Å². The molecule has 2 N–H and O–H groups in total. The first-order chi connectivity index (χ1) is 9.97. The highest BCUT2D eigenvalue weighted by Gasteiger charge is 2.22. The Kier molecular flexibility index (Phi) is 5.03. The van der Waals surface area contributed by atoms with Crippen LogP contribution in [0, 0.1) is 6.92 Å². The molecule has 0 saturated heterocycles. The number of aliphatic hydroxyl groups excluding tert-OH is 1. The van der Waals surface area contributed by atoms with Crippen molar-refractivity contribution in [2.45, 2.75) is 38.2 Å². The predicted octanol–water partition coefficient (Wildman–Crippen LogP) is 3.30. The minimum atomic E-state index is -3.67. The Hall–Kier alpha value is -1.37. The number of nitrogens with one attached hydrogen (secondary N) is 1. The maximum atomic E-state index is 12.5. The SMILES string of the molecule is CCCc1ccc(NS(=O)(=O)c2c(C)csc2CO)cc1. The van der Waals surface area contributed by atoms with Crippen molar-refractivity contribution >= 4 is 27.0 Å². The molecule has 2 rings (SSSR count). The quantitative estimate of drug-likeness (QED) is 0.856. The standard InChI is InChI=1S/C15H19NO3S2/c1-3-4-12-5-7-13(8-6-12)16-21(18,19)15-11(2)10-20-14(15)9-17/h5-8,10,16-17H,3-4,9H2,1-2H3. The number of anilines is 1. The number of hydrogen-bond acceptors (Lipinski definition) is 4. The molecule has 4 nitrogen and oxygen atoms in total. The summed E-state index contributed by atoms with van der Waals surface area (Å²) in [6.07, 6.45) is 2.03. The zero-order valence-corrected chi connectivity index (χ0v) is 13.7. The van der Waals surface area contributed by atoms with Crippen LogP contribution in [0.25, 0.3) is 0 Å². The molecular formula is C15H19NO3S2. The van der Waals surface area contributed by atoms with Crippen molar-refractivity contribution in [3.63, 3.8) is 0 Å². The van der Waals surface area contributed by atoms with Gasteiger partial charge in [-0.2, -0.15) is 0 Å². The molecule has 1 aromatic heterocycles. The van der Waals surface area contributed by atoms with Gasteiger partial charge in [0.15, 0.2) is 0 Å². The summed E-state index contributed by atoms with van der Waals surface area (Å²) in [5, 5.41) is 11.0. The summed E-state index contributed by atoms with van der Waals surface area (Å²) >= 11 is 1.25. The Morgan fingerprint density at radius 1 is 1.24 bits per heavy atom. The van der Waals surface area contributed by atoms with Crippen molar-refractivity contribution < 1.29 is 13.5 Å². The van der Waals surface area contributed by atoms with Crippen molar-refractivity contribution in [2.75, 3.05) is 4.72 Å². The largest absolute Gasteiger partial charge is 0.391 e. The fraction of sp³-hybridized carbons (Fsp3) is 0.333. The first kappa shape index (κ1) is 16.0. The van der Waals surface area contributed by atoms with Crippen LogP contribution < -0.4 is 4.72 Å². The molecule has 0 atom stereocenters. The van der Waals surface area contributed by atoms with E-state index in [2.05, 4.69) is 11.6 Å². The highest BCUT2D eigenvalue weighted by Crippen LogP contribution is 2.28. The van der Waals surface area contributed by atoms with Gasteiger partial charge in [-0.15, -0.1) is 11.3 Å². The Balaban J connectivity index is 2.26. The van der Waals surface area contributed by atoms with Gasteiger partial charge in [-0.3, -0.25) is 4.72 Å². The second-order valence-electron chi connectivity index (χ2n) is 4.88. The average molecular weight is 325 g/mol. The van der Waals surface area contributed by atoms with E-state index in [9.17, 15) is 13.5 Å². The lowest BCUT2D eigenvalue weighted by Gasteiger charge is -2.10. The zero-order valence-electron chi connectivity index (χ0n) is 12.1. The van der Waals surface area contributed by atoms with Gasteiger partial charge in [-0.25, -0.2) is 8.42 Å². The lowest BCUT2D eigenvalue weighted by atomic mass is 10.1. The lowest BCUT2D eigenvalue weighted by molar-refractivity contribution is 0.282. The molecule has 0 aliphatic carbocycles. The van der Waals surface area contributed by atoms with E-state index >= 15 is 0 Å². The van der Waals surface area contributed by atoms with Crippen LogP contribution in [-0.4, -0.2) is 13.5 Å². The van der Waals surface area contributed by atoms with Crippen molar-refractivity contribution in [3.05, 3.63) is 45.6 Å². The molecule has 0 bridgehead atoms. The first-order valence-electron chi connectivity index (χ1n) is 6.77. The Morgan fingerprint density at radius 3 is 2.48 bits per heavy atom. The van der Waals surface area contributed by atoms with Crippen LogP contribution in [0.2, 0.25) is 0 Å². The van der Waals surface area contributed by atoms with Crippen LogP contribution in [0.4, 0.5) is 5.69 Å². The number of benzene rings is 1. The number of hydrogen-bond donors (Lipinski definition) is 2. The summed E-state index contributed by atoms with van der Waals surface area (Å²) < 4.78 is 27.5. The summed E-state index contributed by atoms with van der Waals surface area (Å²) in [7, 11) is -3.67. The number of rotatable bonds is 6. The van der Waals surface area contributed by atoms with Gasteiger partial charge < -0.3 is 5.11 Å². The maximum Gasteiger partial charge on any atom is 0.263 e. The van der Waals surface area contributed by atoms with Crippen molar-refractivity contribution in [2.24, 2.45) is 0 Å². The van der Waals surface area contributed by atoms with Crippen LogP contribution in [-0.2, 0) is 23.1 Å². The maximum absolute atomic E-state index is 12.5. The van der Waals surface area contributed by atoms with E-state index in [-0.39, 0.29) is 11.5 Å². The molecule has 0 aliphatic heterocycles. The molecule has 0 saturated carbocycles. The van der Waals surface area contributed by atoms with Gasteiger partial charge in [0.05, 0.1) is 11.5 Å². The molecule has 6 heteroatoms. The van der Waals surface area contributed by atoms with E-state index < -0.39 is 10.0 Å². The normalized spacial score (nSPS) is 11.6. The van der Waals surface area contributed by atoms with E-state index in [1.54, 1.807) is 24.4 Å². The summed E-state index contributed by atoms with van der Waals surface area (Å²) in [5.74, 6) is 0. The van der Waals surface area contributed by atoms with Gasteiger partial charge in [0.25, 0.3) is 10.0 Å². The van der Waals surface area contributed by atoms with Gasteiger partial charge in [0.1, 0.15) is 4.90 Å².